The van der Waals surface area contributed by atoms with Crippen LogP contribution in [0.3, 0.4) is 0 Å². The van der Waals surface area contributed by atoms with E-state index in [9.17, 15) is 4.79 Å². The van der Waals surface area contributed by atoms with Crippen molar-refractivity contribution >= 4 is 23.3 Å². The number of amides is 1. The van der Waals surface area contributed by atoms with Gasteiger partial charge in [0.1, 0.15) is 5.84 Å². The predicted octanol–water partition coefficient (Wildman–Crippen LogP) is 4.12. The van der Waals surface area contributed by atoms with E-state index in [0.717, 1.165) is 39.5 Å². The van der Waals surface area contributed by atoms with Gasteiger partial charge in [-0.15, -0.1) is 11.6 Å². The highest BCUT2D eigenvalue weighted by molar-refractivity contribution is 6.17. The summed E-state index contributed by atoms with van der Waals surface area (Å²) in [5, 5.41) is 3.08. The van der Waals surface area contributed by atoms with Crippen LogP contribution in [0, 0.1) is 5.92 Å². The largest absolute Gasteiger partial charge is 0.376 e. The second kappa shape index (κ2) is 8.53. The fourth-order valence-electron chi connectivity index (χ4n) is 4.13. The quantitative estimate of drug-likeness (QED) is 0.700. The molecule has 5 nitrogen and oxygen atoms in total. The molecule has 31 heavy (non-hydrogen) atoms. The Morgan fingerprint density at radius 2 is 1.87 bits per heavy atom. The summed E-state index contributed by atoms with van der Waals surface area (Å²) >= 11 is 5.94. The Kier molecular flexibility index (Phi) is 5.45. The summed E-state index contributed by atoms with van der Waals surface area (Å²) < 4.78 is 6.04. The standard InChI is InChI=1S/C25H22ClN3O2/c26-12-17-6-8-19(9-7-17)25-27-13-20-10-11-22(30)28-23-21(14-29(25)24(20)23)16-31-15-18-4-2-1-3-5-18/h1-11,13,21H,12,14-16H2,(H,28,30)/t21-/m0/s1. The molecule has 0 aromatic heterocycles. The van der Waals surface area contributed by atoms with Gasteiger partial charge in [-0.1, -0.05) is 54.6 Å². The molecule has 0 bridgehead atoms. The molecular formula is C25H22ClN3O2. The monoisotopic (exact) mass is 431 g/mol. The molecule has 3 aliphatic heterocycles. The number of nitrogens with zero attached hydrogens (tertiary/aromatic N) is 2. The third-order valence-electron chi connectivity index (χ3n) is 5.66. The van der Waals surface area contributed by atoms with Gasteiger partial charge < -0.3 is 15.0 Å². The van der Waals surface area contributed by atoms with E-state index < -0.39 is 0 Å². The number of ether oxygens (including phenoxy) is 1. The topological polar surface area (TPSA) is 53.9 Å². The van der Waals surface area contributed by atoms with Crippen LogP contribution in [0.15, 0.2) is 94.9 Å². The van der Waals surface area contributed by atoms with E-state index in [1.54, 1.807) is 6.08 Å². The van der Waals surface area contributed by atoms with Crippen molar-refractivity contribution in [2.45, 2.75) is 12.5 Å². The number of benzene rings is 2. The minimum Gasteiger partial charge on any atom is -0.376 e. The molecule has 0 fully saturated rings. The van der Waals surface area contributed by atoms with Crippen LogP contribution in [-0.2, 0) is 22.0 Å². The smallest absolute Gasteiger partial charge is 0.248 e. The second-order valence-corrected chi connectivity index (χ2v) is 8.03. The first-order valence-corrected chi connectivity index (χ1v) is 10.8. The number of carbonyl (C=O) groups is 1. The summed E-state index contributed by atoms with van der Waals surface area (Å²) in [4.78, 5) is 19.2. The number of nitrogens with one attached hydrogen (secondary N) is 1. The van der Waals surface area contributed by atoms with Crippen molar-refractivity contribution < 1.29 is 9.53 Å². The molecule has 0 saturated carbocycles. The van der Waals surface area contributed by atoms with Crippen molar-refractivity contribution in [2.75, 3.05) is 13.2 Å². The molecule has 1 atom stereocenters. The average Bonchev–Trinajstić information content (AvgIpc) is 3.06. The Balaban J connectivity index is 1.42. The first-order valence-electron chi connectivity index (χ1n) is 10.3. The zero-order valence-electron chi connectivity index (χ0n) is 16.9. The van der Waals surface area contributed by atoms with Crippen LogP contribution < -0.4 is 5.32 Å². The van der Waals surface area contributed by atoms with Gasteiger partial charge in [0.15, 0.2) is 0 Å². The highest BCUT2D eigenvalue weighted by atomic mass is 35.5. The maximum absolute atomic E-state index is 12.3. The van der Waals surface area contributed by atoms with E-state index in [4.69, 9.17) is 21.3 Å². The molecule has 0 aliphatic carbocycles. The van der Waals surface area contributed by atoms with Gasteiger partial charge in [-0.05, 0) is 17.2 Å². The van der Waals surface area contributed by atoms with Crippen molar-refractivity contribution in [3.05, 3.63) is 107 Å². The first-order chi connectivity index (χ1) is 15.2. The summed E-state index contributed by atoms with van der Waals surface area (Å²) in [5.74, 6) is 1.26. The number of aliphatic imine (C=N–C) groups is 1. The molecule has 1 N–H and O–H groups in total. The van der Waals surface area contributed by atoms with Crippen LogP contribution in [0.4, 0.5) is 0 Å². The van der Waals surface area contributed by atoms with Crippen LogP contribution in [0.1, 0.15) is 16.7 Å². The maximum atomic E-state index is 12.3. The molecule has 0 unspecified atom stereocenters. The third-order valence-corrected chi connectivity index (χ3v) is 5.97. The van der Waals surface area contributed by atoms with Crippen LogP contribution >= 0.6 is 11.6 Å². The van der Waals surface area contributed by atoms with Gasteiger partial charge in [-0.3, -0.25) is 4.79 Å². The Labute approximate surface area is 186 Å². The lowest BCUT2D eigenvalue weighted by molar-refractivity contribution is -0.116. The lowest BCUT2D eigenvalue weighted by atomic mass is 10.1. The van der Waals surface area contributed by atoms with E-state index in [1.807, 2.05) is 66.9 Å². The number of halogens is 1. The average molecular weight is 432 g/mol. The molecule has 1 amide bonds. The van der Waals surface area contributed by atoms with E-state index in [-0.39, 0.29) is 11.8 Å². The fraction of sp³-hybridized carbons (Fsp3) is 0.200. The normalized spacial score (nSPS) is 19.6. The van der Waals surface area contributed by atoms with Crippen molar-refractivity contribution in [1.29, 1.82) is 0 Å². The SMILES string of the molecule is O=C1C=CC2=CN=C(c3ccc(CCl)cc3)N3C[C@@H](COCc4ccccc4)C(=C23)N1. The predicted molar refractivity (Wildman–Crippen MR) is 121 cm³/mol. The van der Waals surface area contributed by atoms with Crippen LogP contribution in [-0.4, -0.2) is 29.8 Å². The molecule has 0 saturated heterocycles. The third kappa shape index (κ3) is 3.94. The van der Waals surface area contributed by atoms with Gasteiger partial charge in [0.2, 0.25) is 5.91 Å². The van der Waals surface area contributed by atoms with Gasteiger partial charge in [-0.2, -0.15) is 0 Å². The number of alkyl halides is 1. The van der Waals surface area contributed by atoms with E-state index in [0.29, 0.717) is 25.6 Å². The van der Waals surface area contributed by atoms with E-state index in [1.165, 1.54) is 0 Å². The van der Waals surface area contributed by atoms with E-state index in [2.05, 4.69) is 10.2 Å². The highest BCUT2D eigenvalue weighted by Gasteiger charge is 2.38. The Morgan fingerprint density at radius 3 is 2.65 bits per heavy atom. The number of amidine groups is 1. The van der Waals surface area contributed by atoms with E-state index >= 15 is 0 Å². The minimum atomic E-state index is -0.124. The van der Waals surface area contributed by atoms with Gasteiger partial charge in [0.25, 0.3) is 0 Å². The van der Waals surface area contributed by atoms with Crippen molar-refractivity contribution in [1.82, 2.24) is 10.2 Å². The summed E-state index contributed by atoms with van der Waals surface area (Å²) in [6, 6.07) is 18.2. The zero-order valence-corrected chi connectivity index (χ0v) is 17.7. The Morgan fingerprint density at radius 1 is 1.06 bits per heavy atom. The zero-order chi connectivity index (χ0) is 21.2. The summed E-state index contributed by atoms with van der Waals surface area (Å²) in [6.45, 7) is 1.74. The van der Waals surface area contributed by atoms with Gasteiger partial charge in [0.05, 0.1) is 18.9 Å². The maximum Gasteiger partial charge on any atom is 0.248 e. The molecule has 5 rings (SSSR count). The molecular weight excluding hydrogens is 410 g/mol. The molecule has 0 spiro atoms. The fourth-order valence-corrected chi connectivity index (χ4v) is 4.31. The lowest BCUT2D eigenvalue weighted by Gasteiger charge is -2.28. The number of hydrogen-bond acceptors (Lipinski definition) is 4. The Hall–Kier alpha value is -3.15. The van der Waals surface area contributed by atoms with Gasteiger partial charge >= 0.3 is 0 Å². The lowest BCUT2D eigenvalue weighted by Crippen LogP contribution is -2.33. The molecule has 0 radical (unpaired) electrons. The molecule has 6 heteroatoms. The molecule has 156 valence electrons. The highest BCUT2D eigenvalue weighted by Crippen LogP contribution is 2.37. The minimum absolute atomic E-state index is 0.0383. The number of allylic oxidation sites excluding steroid dienone is 1. The number of carbonyl (C=O) groups excluding carboxylic acids is 1. The first kappa shape index (κ1) is 19.8. The molecule has 2 aromatic rings. The molecule has 2 aromatic carbocycles. The van der Waals surface area contributed by atoms with Crippen molar-refractivity contribution in [2.24, 2.45) is 10.9 Å². The second-order valence-electron chi connectivity index (χ2n) is 7.76. The number of hydrogen-bond donors (Lipinski definition) is 1. The molecule has 3 aliphatic rings. The number of rotatable bonds is 6. The molecule has 3 heterocycles. The summed E-state index contributed by atoms with van der Waals surface area (Å²) in [5.41, 5.74) is 6.04. The van der Waals surface area contributed by atoms with Crippen LogP contribution in [0.25, 0.3) is 0 Å². The summed E-state index contributed by atoms with van der Waals surface area (Å²) in [7, 11) is 0. The van der Waals surface area contributed by atoms with Crippen molar-refractivity contribution in [3.8, 4) is 0 Å². The van der Waals surface area contributed by atoms with Crippen LogP contribution in [0.5, 0.6) is 0 Å². The van der Waals surface area contributed by atoms with Crippen molar-refractivity contribution in [3.63, 3.8) is 0 Å². The Bertz CT molecular complexity index is 1120. The van der Waals surface area contributed by atoms with Gasteiger partial charge in [-0.25, -0.2) is 4.99 Å². The summed E-state index contributed by atoms with van der Waals surface area (Å²) in [6.07, 6.45) is 5.22. The van der Waals surface area contributed by atoms with Crippen LogP contribution in [0.2, 0.25) is 0 Å². The van der Waals surface area contributed by atoms with Gasteiger partial charge in [0, 0.05) is 47.5 Å².